The summed E-state index contributed by atoms with van der Waals surface area (Å²) in [6.45, 7) is 1.57. The highest BCUT2D eigenvalue weighted by atomic mass is 19.1. The summed E-state index contributed by atoms with van der Waals surface area (Å²) < 4.78 is 14.0. The number of rotatable bonds is 5. The van der Waals surface area contributed by atoms with Crippen LogP contribution >= 0.6 is 0 Å². The maximum absolute atomic E-state index is 14.0. The summed E-state index contributed by atoms with van der Waals surface area (Å²) >= 11 is 0. The van der Waals surface area contributed by atoms with E-state index in [1.807, 2.05) is 0 Å². The lowest BCUT2D eigenvalue weighted by Gasteiger charge is -2.19. The quantitative estimate of drug-likeness (QED) is 0.775. The van der Waals surface area contributed by atoms with Crippen LogP contribution in [0.4, 0.5) is 4.39 Å². The number of nitrogens with one attached hydrogen (secondary N) is 1. The third-order valence-corrected chi connectivity index (χ3v) is 3.22. The molecular formula is C15H17FN2O3. The number of hydrogen-bond donors (Lipinski definition) is 3. The average Bonchev–Trinajstić information content (AvgIpc) is 2.45. The van der Waals surface area contributed by atoms with Crippen molar-refractivity contribution in [2.24, 2.45) is 0 Å². The molecule has 0 bridgehead atoms. The first-order valence-electron chi connectivity index (χ1n) is 6.64. The van der Waals surface area contributed by atoms with Crippen LogP contribution in [-0.4, -0.2) is 33.8 Å². The molecule has 2 rings (SSSR count). The van der Waals surface area contributed by atoms with E-state index in [-0.39, 0.29) is 24.4 Å². The second-order valence-electron chi connectivity index (χ2n) is 4.85. The molecule has 0 aliphatic carbocycles. The molecule has 1 heterocycles. The van der Waals surface area contributed by atoms with E-state index in [0.717, 1.165) is 0 Å². The molecule has 3 N–H and O–H groups in total. The summed E-state index contributed by atoms with van der Waals surface area (Å²) in [7, 11) is 0. The van der Waals surface area contributed by atoms with Gasteiger partial charge in [0.25, 0.3) is 0 Å². The summed E-state index contributed by atoms with van der Waals surface area (Å²) in [6.07, 6.45) is -0.838. The smallest absolute Gasteiger partial charge is 0.216 e. The van der Waals surface area contributed by atoms with E-state index in [1.54, 1.807) is 18.3 Å². The van der Waals surface area contributed by atoms with Crippen LogP contribution in [0.1, 0.15) is 25.0 Å². The fraction of sp³-hybridized carbons (Fsp3) is 0.333. The van der Waals surface area contributed by atoms with Crippen LogP contribution < -0.4 is 5.32 Å². The van der Waals surface area contributed by atoms with Crippen molar-refractivity contribution in [1.82, 2.24) is 10.3 Å². The molecule has 1 aromatic heterocycles. The average molecular weight is 292 g/mol. The number of pyridine rings is 1. The lowest BCUT2D eigenvalue weighted by molar-refractivity contribution is -0.119. The molecule has 2 unspecified atom stereocenters. The van der Waals surface area contributed by atoms with E-state index in [2.05, 4.69) is 10.3 Å². The number of amides is 1. The molecule has 1 aromatic carbocycles. The fourth-order valence-electron chi connectivity index (χ4n) is 2.10. The monoisotopic (exact) mass is 292 g/mol. The molecule has 2 atom stereocenters. The molecule has 0 aliphatic heterocycles. The zero-order chi connectivity index (χ0) is 15.4. The van der Waals surface area contributed by atoms with Crippen molar-refractivity contribution < 1.29 is 19.4 Å². The van der Waals surface area contributed by atoms with Gasteiger partial charge in [0.1, 0.15) is 11.9 Å². The van der Waals surface area contributed by atoms with Gasteiger partial charge in [0.15, 0.2) is 0 Å². The minimum Gasteiger partial charge on any atom is -0.390 e. The van der Waals surface area contributed by atoms with E-state index < -0.39 is 18.0 Å². The van der Waals surface area contributed by atoms with Crippen molar-refractivity contribution in [3.05, 3.63) is 41.8 Å². The standard InChI is InChI=1S/C15H17FN2O3/c1-9(19)17-6-4-14(20)15(21)11-7-10-3-2-5-18-13(10)8-12(11)16/h2-3,5,7-8,14-15,20-21H,4,6H2,1H3,(H,17,19). The highest BCUT2D eigenvalue weighted by Crippen LogP contribution is 2.25. The van der Waals surface area contributed by atoms with E-state index in [1.165, 1.54) is 19.1 Å². The molecule has 2 aromatic rings. The van der Waals surface area contributed by atoms with Gasteiger partial charge in [-0.05, 0) is 18.6 Å². The maximum atomic E-state index is 14.0. The summed E-state index contributed by atoms with van der Waals surface area (Å²) in [5, 5.41) is 23.2. The topological polar surface area (TPSA) is 82.5 Å². The number of hydrogen-bond acceptors (Lipinski definition) is 4. The summed E-state index contributed by atoms with van der Waals surface area (Å²) in [6, 6.07) is 6.17. The van der Waals surface area contributed by atoms with Gasteiger partial charge in [-0.1, -0.05) is 6.07 Å². The molecule has 0 radical (unpaired) electrons. The molecule has 21 heavy (non-hydrogen) atoms. The van der Waals surface area contributed by atoms with Gasteiger partial charge in [0.2, 0.25) is 5.91 Å². The predicted octanol–water partition coefficient (Wildman–Crippen LogP) is 1.29. The molecular weight excluding hydrogens is 275 g/mol. The zero-order valence-corrected chi connectivity index (χ0v) is 11.6. The number of carbonyl (C=O) groups excluding carboxylic acids is 1. The Bertz CT molecular complexity index is 648. The van der Waals surface area contributed by atoms with Gasteiger partial charge in [-0.3, -0.25) is 9.78 Å². The van der Waals surface area contributed by atoms with Crippen molar-refractivity contribution in [2.75, 3.05) is 6.54 Å². The number of benzene rings is 1. The van der Waals surface area contributed by atoms with Gasteiger partial charge in [-0.15, -0.1) is 0 Å². The Hall–Kier alpha value is -2.05. The molecule has 1 amide bonds. The number of carbonyl (C=O) groups is 1. The molecule has 0 aliphatic rings. The van der Waals surface area contributed by atoms with Gasteiger partial charge in [-0.25, -0.2) is 4.39 Å². The van der Waals surface area contributed by atoms with Crippen molar-refractivity contribution in [3.63, 3.8) is 0 Å². The van der Waals surface area contributed by atoms with Gasteiger partial charge in [0.05, 0.1) is 11.6 Å². The fourth-order valence-corrected chi connectivity index (χ4v) is 2.10. The van der Waals surface area contributed by atoms with Crippen LogP contribution in [-0.2, 0) is 4.79 Å². The summed E-state index contributed by atoms with van der Waals surface area (Å²) in [4.78, 5) is 14.8. The van der Waals surface area contributed by atoms with Crippen molar-refractivity contribution in [1.29, 1.82) is 0 Å². The Kier molecular flexibility index (Phi) is 4.82. The lowest BCUT2D eigenvalue weighted by atomic mass is 9.99. The molecule has 0 saturated heterocycles. The second kappa shape index (κ2) is 6.60. The van der Waals surface area contributed by atoms with Crippen LogP contribution in [0.5, 0.6) is 0 Å². The van der Waals surface area contributed by atoms with Gasteiger partial charge in [0, 0.05) is 36.7 Å². The Labute approximate surface area is 121 Å². The lowest BCUT2D eigenvalue weighted by Crippen LogP contribution is -2.28. The van der Waals surface area contributed by atoms with E-state index in [9.17, 15) is 19.4 Å². The van der Waals surface area contributed by atoms with Crippen LogP contribution in [0.2, 0.25) is 0 Å². The largest absolute Gasteiger partial charge is 0.390 e. The number of nitrogens with zero attached hydrogens (tertiary/aromatic N) is 1. The molecule has 5 nitrogen and oxygen atoms in total. The first-order chi connectivity index (χ1) is 9.99. The summed E-state index contributed by atoms with van der Waals surface area (Å²) in [5.41, 5.74) is 0.504. The van der Waals surface area contributed by atoms with Crippen molar-refractivity contribution in [3.8, 4) is 0 Å². The van der Waals surface area contributed by atoms with E-state index in [0.29, 0.717) is 10.9 Å². The van der Waals surface area contributed by atoms with Crippen molar-refractivity contribution in [2.45, 2.75) is 25.6 Å². The molecule has 0 fully saturated rings. The third-order valence-electron chi connectivity index (χ3n) is 3.22. The SMILES string of the molecule is CC(=O)NCCC(O)C(O)c1cc2cccnc2cc1F. The normalized spacial score (nSPS) is 13.9. The van der Waals surface area contributed by atoms with Gasteiger partial charge >= 0.3 is 0 Å². The number of aliphatic hydroxyl groups excluding tert-OH is 2. The van der Waals surface area contributed by atoms with Crippen molar-refractivity contribution >= 4 is 16.8 Å². The first kappa shape index (κ1) is 15.3. The zero-order valence-electron chi connectivity index (χ0n) is 11.6. The number of fused-ring (bicyclic) bond motifs is 1. The van der Waals surface area contributed by atoms with Gasteiger partial charge < -0.3 is 15.5 Å². The van der Waals surface area contributed by atoms with Crippen LogP contribution in [0, 0.1) is 5.82 Å². The Balaban J connectivity index is 2.16. The maximum Gasteiger partial charge on any atom is 0.216 e. The molecule has 6 heteroatoms. The number of aromatic nitrogens is 1. The van der Waals surface area contributed by atoms with E-state index >= 15 is 0 Å². The highest BCUT2D eigenvalue weighted by molar-refractivity contribution is 5.79. The van der Waals surface area contributed by atoms with Gasteiger partial charge in [-0.2, -0.15) is 0 Å². The Morgan fingerprint density at radius 1 is 1.43 bits per heavy atom. The van der Waals surface area contributed by atoms with Crippen LogP contribution in [0.15, 0.2) is 30.5 Å². The minimum absolute atomic E-state index is 0.0193. The van der Waals surface area contributed by atoms with Crippen LogP contribution in [0.25, 0.3) is 10.9 Å². The molecule has 0 saturated carbocycles. The second-order valence-corrected chi connectivity index (χ2v) is 4.85. The third kappa shape index (κ3) is 3.74. The minimum atomic E-state index is -1.36. The predicted molar refractivity (Wildman–Crippen MR) is 76.0 cm³/mol. The number of aliphatic hydroxyl groups is 2. The number of halogens is 1. The first-order valence-corrected chi connectivity index (χ1v) is 6.64. The van der Waals surface area contributed by atoms with E-state index in [4.69, 9.17) is 0 Å². The van der Waals surface area contributed by atoms with Crippen LogP contribution in [0.3, 0.4) is 0 Å². The Morgan fingerprint density at radius 2 is 2.19 bits per heavy atom. The molecule has 0 spiro atoms. The highest BCUT2D eigenvalue weighted by Gasteiger charge is 2.22. The Morgan fingerprint density at radius 3 is 2.90 bits per heavy atom. The summed E-state index contributed by atoms with van der Waals surface area (Å²) in [5.74, 6) is -0.841. The molecule has 112 valence electrons.